The van der Waals surface area contributed by atoms with Crippen LogP contribution in [0.15, 0.2) is 35.5 Å². The summed E-state index contributed by atoms with van der Waals surface area (Å²) in [6.45, 7) is -1.97. The number of carbonyl (C=O) groups excluding carboxylic acids is 1. The Kier molecular flexibility index (Phi) is 6.01. The Balaban J connectivity index is 2.65. The van der Waals surface area contributed by atoms with Gasteiger partial charge in [0.1, 0.15) is 11.4 Å². The molecule has 1 unspecified atom stereocenters. The van der Waals surface area contributed by atoms with Gasteiger partial charge in [-0.3, -0.25) is 0 Å². The van der Waals surface area contributed by atoms with Crippen molar-refractivity contribution in [1.29, 1.82) is 0 Å². The average molecular weight is 396 g/mol. The molecule has 11 heteroatoms. The van der Waals surface area contributed by atoms with Crippen LogP contribution in [-0.2, 0) is 9.53 Å². The summed E-state index contributed by atoms with van der Waals surface area (Å²) in [5.74, 6) is -1.66. The molecule has 0 aliphatic carbocycles. The van der Waals surface area contributed by atoms with Crippen LogP contribution >= 0.6 is 12.2 Å². The number of halogens is 5. The SMILES string of the molecule is CCOC(=O)C1=C(C(F)(F)F)NC(=S)NC1c1ccccc1OC(F)F. The van der Waals surface area contributed by atoms with Gasteiger partial charge in [-0.15, -0.1) is 0 Å². The Morgan fingerprint density at radius 3 is 2.54 bits per heavy atom. The molecule has 0 bridgehead atoms. The number of alkyl halides is 5. The maximum absolute atomic E-state index is 13.4. The van der Waals surface area contributed by atoms with E-state index in [1.807, 2.05) is 5.32 Å². The van der Waals surface area contributed by atoms with Gasteiger partial charge in [0.2, 0.25) is 0 Å². The second kappa shape index (κ2) is 7.85. The van der Waals surface area contributed by atoms with Gasteiger partial charge in [-0.2, -0.15) is 22.0 Å². The normalized spacial score (nSPS) is 17.7. The topological polar surface area (TPSA) is 59.6 Å². The van der Waals surface area contributed by atoms with Gasteiger partial charge in [0.25, 0.3) is 0 Å². The minimum Gasteiger partial charge on any atom is -0.463 e. The van der Waals surface area contributed by atoms with Crippen molar-refractivity contribution in [2.75, 3.05) is 6.61 Å². The highest BCUT2D eigenvalue weighted by Gasteiger charge is 2.45. The fraction of sp³-hybridized carbons (Fsp3) is 0.333. The molecule has 142 valence electrons. The van der Waals surface area contributed by atoms with E-state index in [0.29, 0.717) is 0 Å². The third-order valence-electron chi connectivity index (χ3n) is 3.30. The molecule has 1 aliphatic heterocycles. The van der Waals surface area contributed by atoms with Crippen LogP contribution in [0.2, 0.25) is 0 Å². The molecule has 2 rings (SSSR count). The van der Waals surface area contributed by atoms with E-state index in [1.54, 1.807) is 0 Å². The van der Waals surface area contributed by atoms with Gasteiger partial charge in [-0.25, -0.2) is 4.79 Å². The summed E-state index contributed by atoms with van der Waals surface area (Å²) in [6.07, 6.45) is -4.95. The Morgan fingerprint density at radius 2 is 1.96 bits per heavy atom. The molecule has 0 aromatic heterocycles. The maximum atomic E-state index is 13.4. The summed E-state index contributed by atoms with van der Waals surface area (Å²) >= 11 is 4.77. The number of nitrogens with one attached hydrogen (secondary N) is 2. The van der Waals surface area contributed by atoms with Crippen LogP contribution in [0.3, 0.4) is 0 Å². The zero-order valence-electron chi connectivity index (χ0n) is 13.2. The number of hydrogen-bond donors (Lipinski definition) is 2. The monoisotopic (exact) mass is 396 g/mol. The maximum Gasteiger partial charge on any atom is 0.431 e. The van der Waals surface area contributed by atoms with Gasteiger partial charge in [0.05, 0.1) is 18.2 Å². The molecule has 1 atom stereocenters. The van der Waals surface area contributed by atoms with Crippen LogP contribution < -0.4 is 15.4 Å². The summed E-state index contributed by atoms with van der Waals surface area (Å²) in [7, 11) is 0. The van der Waals surface area contributed by atoms with E-state index in [2.05, 4.69) is 10.1 Å². The lowest BCUT2D eigenvalue weighted by Crippen LogP contribution is -2.49. The van der Waals surface area contributed by atoms with Crippen molar-refractivity contribution >= 4 is 23.3 Å². The van der Waals surface area contributed by atoms with E-state index in [9.17, 15) is 26.7 Å². The van der Waals surface area contributed by atoms with E-state index < -0.39 is 46.9 Å². The standard InChI is InChI=1S/C15H13F5N2O3S/c1-2-24-12(23)9-10(21-14(26)22-11(9)15(18,19)20)7-5-3-4-6-8(7)25-13(16)17/h3-6,10,13H,2H2,1H3,(H2,21,22,26). The first-order valence-corrected chi connectivity index (χ1v) is 7.65. The number of ether oxygens (including phenoxy) is 2. The molecule has 0 fully saturated rings. The summed E-state index contributed by atoms with van der Waals surface area (Å²) in [5, 5.41) is 3.94. The first-order valence-electron chi connectivity index (χ1n) is 7.24. The minimum atomic E-state index is -4.95. The molecule has 0 radical (unpaired) electrons. The number of hydrogen-bond acceptors (Lipinski definition) is 4. The molecule has 1 aromatic carbocycles. The van der Waals surface area contributed by atoms with E-state index in [1.165, 1.54) is 25.1 Å². The van der Waals surface area contributed by atoms with Gasteiger partial charge in [0.15, 0.2) is 5.11 Å². The van der Waals surface area contributed by atoms with Crippen LogP contribution in [0.4, 0.5) is 22.0 Å². The number of carbonyl (C=O) groups is 1. The number of thiocarbonyl (C=S) groups is 1. The van der Waals surface area contributed by atoms with E-state index >= 15 is 0 Å². The quantitative estimate of drug-likeness (QED) is 0.453. The first kappa shape index (κ1) is 19.9. The predicted octanol–water partition coefficient (Wildman–Crippen LogP) is 3.19. The van der Waals surface area contributed by atoms with Gasteiger partial charge in [-0.05, 0) is 25.2 Å². The third kappa shape index (κ3) is 4.40. The fourth-order valence-corrected chi connectivity index (χ4v) is 2.59. The average Bonchev–Trinajstić information content (AvgIpc) is 2.53. The Morgan fingerprint density at radius 1 is 1.31 bits per heavy atom. The Labute approximate surface area is 150 Å². The van der Waals surface area contributed by atoms with Crippen molar-refractivity contribution in [3.63, 3.8) is 0 Å². The lowest BCUT2D eigenvalue weighted by Gasteiger charge is -2.32. The van der Waals surface area contributed by atoms with Crippen molar-refractivity contribution < 1.29 is 36.2 Å². The number of benzene rings is 1. The van der Waals surface area contributed by atoms with E-state index in [4.69, 9.17) is 17.0 Å². The van der Waals surface area contributed by atoms with Crippen molar-refractivity contribution in [3.8, 4) is 5.75 Å². The molecule has 1 aliphatic rings. The molecule has 26 heavy (non-hydrogen) atoms. The Hall–Kier alpha value is -2.43. The van der Waals surface area contributed by atoms with Crippen LogP contribution in [0, 0.1) is 0 Å². The minimum absolute atomic E-state index is 0.124. The Bertz CT molecular complexity index is 736. The van der Waals surface area contributed by atoms with Crippen molar-refractivity contribution in [3.05, 3.63) is 41.1 Å². The van der Waals surface area contributed by atoms with Gasteiger partial charge in [0, 0.05) is 5.56 Å². The number of allylic oxidation sites excluding steroid dienone is 1. The molecule has 0 saturated heterocycles. The predicted molar refractivity (Wildman–Crippen MR) is 84.4 cm³/mol. The van der Waals surface area contributed by atoms with Crippen molar-refractivity contribution in [2.45, 2.75) is 25.8 Å². The van der Waals surface area contributed by atoms with E-state index in [0.717, 1.165) is 6.07 Å². The van der Waals surface area contributed by atoms with Crippen molar-refractivity contribution in [2.24, 2.45) is 0 Å². The van der Waals surface area contributed by atoms with Crippen LogP contribution in [0.1, 0.15) is 18.5 Å². The van der Waals surface area contributed by atoms with Crippen LogP contribution in [0.25, 0.3) is 0 Å². The van der Waals surface area contributed by atoms with Gasteiger partial charge in [-0.1, -0.05) is 18.2 Å². The van der Waals surface area contributed by atoms with Crippen molar-refractivity contribution in [1.82, 2.24) is 10.6 Å². The third-order valence-corrected chi connectivity index (χ3v) is 3.52. The molecule has 5 nitrogen and oxygen atoms in total. The van der Waals surface area contributed by atoms with Gasteiger partial charge < -0.3 is 20.1 Å². The molecule has 0 amide bonds. The van der Waals surface area contributed by atoms with Crippen LogP contribution in [-0.4, -0.2) is 30.5 Å². The smallest absolute Gasteiger partial charge is 0.431 e. The highest BCUT2D eigenvalue weighted by atomic mass is 32.1. The lowest BCUT2D eigenvalue weighted by atomic mass is 9.94. The molecule has 2 N–H and O–H groups in total. The number of rotatable bonds is 5. The molecule has 0 spiro atoms. The largest absolute Gasteiger partial charge is 0.463 e. The zero-order chi connectivity index (χ0) is 19.5. The second-order valence-electron chi connectivity index (χ2n) is 4.95. The zero-order valence-corrected chi connectivity index (χ0v) is 14.0. The second-order valence-corrected chi connectivity index (χ2v) is 5.36. The van der Waals surface area contributed by atoms with Crippen LogP contribution in [0.5, 0.6) is 5.75 Å². The molecular weight excluding hydrogens is 383 g/mol. The summed E-state index contributed by atoms with van der Waals surface area (Å²) < 4.78 is 74.5. The van der Waals surface area contributed by atoms with Gasteiger partial charge >= 0.3 is 18.8 Å². The molecule has 1 heterocycles. The fourth-order valence-electron chi connectivity index (χ4n) is 2.37. The highest BCUT2D eigenvalue weighted by molar-refractivity contribution is 7.80. The first-order chi connectivity index (χ1) is 12.1. The molecule has 0 saturated carbocycles. The summed E-state index contributed by atoms with van der Waals surface area (Å²) in [4.78, 5) is 12.2. The summed E-state index contributed by atoms with van der Waals surface area (Å²) in [5.41, 5.74) is -2.38. The number of esters is 1. The summed E-state index contributed by atoms with van der Waals surface area (Å²) in [6, 6.07) is 3.66. The van der Waals surface area contributed by atoms with E-state index in [-0.39, 0.29) is 12.2 Å². The molecular formula is C15H13F5N2O3S. The highest BCUT2D eigenvalue weighted by Crippen LogP contribution is 2.38. The number of para-hydroxylation sites is 1. The lowest BCUT2D eigenvalue weighted by molar-refractivity contribution is -0.140. The molecule has 1 aromatic rings.